The van der Waals surface area contributed by atoms with Gasteiger partial charge in [-0.25, -0.2) is 0 Å². The molecule has 0 unspecified atom stereocenters. The highest BCUT2D eigenvalue weighted by atomic mass is 16.5. The number of ether oxygens (including phenoxy) is 1. The van der Waals surface area contributed by atoms with E-state index in [0.29, 0.717) is 16.9 Å². The predicted octanol–water partition coefficient (Wildman–Crippen LogP) is 3.42. The maximum Gasteiger partial charge on any atom is 0.197 e. The van der Waals surface area contributed by atoms with Gasteiger partial charge in [0.1, 0.15) is 17.2 Å². The van der Waals surface area contributed by atoms with Crippen molar-refractivity contribution in [3.63, 3.8) is 0 Å². The summed E-state index contributed by atoms with van der Waals surface area (Å²) in [6.07, 6.45) is -0.0146. The number of rotatable bonds is 4. The van der Waals surface area contributed by atoms with Gasteiger partial charge in [-0.3, -0.25) is 4.79 Å². The molecular formula is C17H18O4. The van der Waals surface area contributed by atoms with Gasteiger partial charge in [0.25, 0.3) is 0 Å². The van der Waals surface area contributed by atoms with Crippen LogP contribution in [0.5, 0.6) is 17.2 Å². The van der Waals surface area contributed by atoms with Crippen molar-refractivity contribution in [1.82, 2.24) is 0 Å². The van der Waals surface area contributed by atoms with E-state index in [1.54, 1.807) is 25.1 Å². The molecule has 0 spiro atoms. The number of benzene rings is 2. The van der Waals surface area contributed by atoms with Crippen LogP contribution in [0.4, 0.5) is 0 Å². The molecule has 2 aromatic carbocycles. The molecule has 2 rings (SSSR count). The van der Waals surface area contributed by atoms with Gasteiger partial charge < -0.3 is 14.9 Å². The van der Waals surface area contributed by atoms with Gasteiger partial charge in [0.15, 0.2) is 5.78 Å². The number of carbonyl (C=O) groups is 1. The molecule has 0 heterocycles. The Labute approximate surface area is 123 Å². The largest absolute Gasteiger partial charge is 0.508 e. The monoisotopic (exact) mass is 286 g/mol. The van der Waals surface area contributed by atoms with Crippen LogP contribution in [0.3, 0.4) is 0 Å². The van der Waals surface area contributed by atoms with Crippen LogP contribution in [0.25, 0.3) is 0 Å². The molecule has 0 saturated heterocycles. The SMILES string of the molecule is Cc1c(O)cccc1C(=O)c1ccc(OC(C)C)cc1O. The van der Waals surface area contributed by atoms with Gasteiger partial charge in [-0.05, 0) is 39.0 Å². The van der Waals surface area contributed by atoms with Gasteiger partial charge in [-0.2, -0.15) is 0 Å². The first-order valence-electron chi connectivity index (χ1n) is 6.73. The quantitative estimate of drug-likeness (QED) is 0.845. The van der Waals surface area contributed by atoms with E-state index < -0.39 is 0 Å². The van der Waals surface area contributed by atoms with Crippen molar-refractivity contribution in [1.29, 1.82) is 0 Å². The first-order chi connectivity index (χ1) is 9.90. The molecule has 0 radical (unpaired) electrons. The van der Waals surface area contributed by atoms with E-state index in [-0.39, 0.29) is 28.9 Å². The lowest BCUT2D eigenvalue weighted by molar-refractivity contribution is 0.103. The Morgan fingerprint density at radius 2 is 1.76 bits per heavy atom. The number of hydrogen-bond donors (Lipinski definition) is 2. The summed E-state index contributed by atoms with van der Waals surface area (Å²) in [6, 6.07) is 9.33. The number of phenolic OH excluding ortho intramolecular Hbond substituents is 2. The highest BCUT2D eigenvalue weighted by Gasteiger charge is 2.17. The second-order valence-corrected chi connectivity index (χ2v) is 5.12. The van der Waals surface area contributed by atoms with E-state index in [0.717, 1.165) is 0 Å². The van der Waals surface area contributed by atoms with Crippen molar-refractivity contribution in [3.05, 3.63) is 53.1 Å². The molecule has 0 aromatic heterocycles. The molecule has 0 aliphatic carbocycles. The van der Waals surface area contributed by atoms with Gasteiger partial charge in [0.05, 0.1) is 11.7 Å². The Hall–Kier alpha value is -2.49. The van der Waals surface area contributed by atoms with Crippen molar-refractivity contribution in [3.8, 4) is 17.2 Å². The molecule has 0 bridgehead atoms. The maximum atomic E-state index is 12.5. The predicted molar refractivity (Wildman–Crippen MR) is 80.1 cm³/mol. The lowest BCUT2D eigenvalue weighted by Gasteiger charge is -2.12. The van der Waals surface area contributed by atoms with E-state index in [4.69, 9.17) is 4.74 Å². The molecule has 21 heavy (non-hydrogen) atoms. The van der Waals surface area contributed by atoms with Crippen LogP contribution in [0.15, 0.2) is 36.4 Å². The Bertz CT molecular complexity index is 674. The van der Waals surface area contributed by atoms with E-state index in [1.807, 2.05) is 13.8 Å². The molecule has 4 nitrogen and oxygen atoms in total. The van der Waals surface area contributed by atoms with Gasteiger partial charge in [0, 0.05) is 17.2 Å². The fourth-order valence-electron chi connectivity index (χ4n) is 2.06. The van der Waals surface area contributed by atoms with Crippen molar-refractivity contribution < 1.29 is 19.7 Å². The fraction of sp³-hybridized carbons (Fsp3) is 0.235. The number of aromatic hydroxyl groups is 2. The molecule has 0 fully saturated rings. The zero-order valence-corrected chi connectivity index (χ0v) is 12.3. The molecule has 0 saturated carbocycles. The Morgan fingerprint density at radius 3 is 2.38 bits per heavy atom. The van der Waals surface area contributed by atoms with Crippen molar-refractivity contribution >= 4 is 5.78 Å². The topological polar surface area (TPSA) is 66.8 Å². The second kappa shape index (κ2) is 5.87. The smallest absolute Gasteiger partial charge is 0.197 e. The molecular weight excluding hydrogens is 268 g/mol. The molecule has 4 heteroatoms. The summed E-state index contributed by atoms with van der Waals surface area (Å²) in [5.74, 6) is 0.0877. The first kappa shape index (κ1) is 14.9. The average molecular weight is 286 g/mol. The van der Waals surface area contributed by atoms with Crippen molar-refractivity contribution in [2.75, 3.05) is 0 Å². The molecule has 110 valence electrons. The number of hydrogen-bond acceptors (Lipinski definition) is 4. The Kier molecular flexibility index (Phi) is 4.17. The summed E-state index contributed by atoms with van der Waals surface area (Å²) in [7, 11) is 0. The van der Waals surface area contributed by atoms with Crippen LogP contribution in [0, 0.1) is 6.92 Å². The zero-order valence-electron chi connectivity index (χ0n) is 12.3. The van der Waals surface area contributed by atoms with E-state index in [9.17, 15) is 15.0 Å². The lowest BCUT2D eigenvalue weighted by atomic mass is 9.98. The summed E-state index contributed by atoms with van der Waals surface area (Å²) in [4.78, 5) is 12.5. The fourth-order valence-corrected chi connectivity index (χ4v) is 2.06. The minimum Gasteiger partial charge on any atom is -0.508 e. The van der Waals surface area contributed by atoms with Crippen molar-refractivity contribution in [2.24, 2.45) is 0 Å². The minimum atomic E-state index is -0.336. The molecule has 2 aromatic rings. The van der Waals surface area contributed by atoms with Crippen LogP contribution in [0.2, 0.25) is 0 Å². The average Bonchev–Trinajstić information content (AvgIpc) is 2.40. The minimum absolute atomic E-state index is 0.0146. The lowest BCUT2D eigenvalue weighted by Crippen LogP contribution is -2.07. The molecule has 2 N–H and O–H groups in total. The molecule has 0 aliphatic heterocycles. The van der Waals surface area contributed by atoms with Crippen LogP contribution >= 0.6 is 0 Å². The zero-order chi connectivity index (χ0) is 15.6. The summed E-state index contributed by atoms with van der Waals surface area (Å²) in [6.45, 7) is 5.42. The third-order valence-corrected chi connectivity index (χ3v) is 3.14. The maximum absolute atomic E-state index is 12.5. The standard InChI is InChI=1S/C17H18O4/c1-10(2)21-12-7-8-14(16(19)9-12)17(20)13-5-4-6-15(18)11(13)3/h4-10,18-19H,1-3H3. The van der Waals surface area contributed by atoms with Gasteiger partial charge in [-0.15, -0.1) is 0 Å². The third-order valence-electron chi connectivity index (χ3n) is 3.14. The van der Waals surface area contributed by atoms with E-state index in [2.05, 4.69) is 0 Å². The molecule has 0 aliphatic rings. The Morgan fingerprint density at radius 1 is 1.05 bits per heavy atom. The number of phenols is 2. The molecule has 0 amide bonds. The highest BCUT2D eigenvalue weighted by Crippen LogP contribution is 2.29. The van der Waals surface area contributed by atoms with Crippen LogP contribution < -0.4 is 4.74 Å². The van der Waals surface area contributed by atoms with E-state index in [1.165, 1.54) is 18.2 Å². The third kappa shape index (κ3) is 3.16. The number of ketones is 1. The van der Waals surface area contributed by atoms with E-state index >= 15 is 0 Å². The highest BCUT2D eigenvalue weighted by molar-refractivity contribution is 6.11. The molecule has 0 atom stereocenters. The van der Waals surface area contributed by atoms with Crippen LogP contribution in [-0.2, 0) is 0 Å². The Balaban J connectivity index is 2.38. The normalized spacial score (nSPS) is 10.7. The second-order valence-electron chi connectivity index (χ2n) is 5.12. The summed E-state index contributed by atoms with van der Waals surface area (Å²) < 4.78 is 5.47. The first-order valence-corrected chi connectivity index (χ1v) is 6.73. The summed E-state index contributed by atoms with van der Waals surface area (Å²) in [5.41, 5.74) is 1.03. The van der Waals surface area contributed by atoms with Crippen LogP contribution in [-0.4, -0.2) is 22.1 Å². The summed E-state index contributed by atoms with van der Waals surface area (Å²) in [5, 5.41) is 19.7. The summed E-state index contributed by atoms with van der Waals surface area (Å²) >= 11 is 0. The van der Waals surface area contributed by atoms with Crippen molar-refractivity contribution in [2.45, 2.75) is 26.9 Å². The van der Waals surface area contributed by atoms with Gasteiger partial charge >= 0.3 is 0 Å². The van der Waals surface area contributed by atoms with Crippen LogP contribution in [0.1, 0.15) is 35.3 Å². The number of carbonyl (C=O) groups excluding carboxylic acids is 1. The van der Waals surface area contributed by atoms with Gasteiger partial charge in [0.2, 0.25) is 0 Å². The van der Waals surface area contributed by atoms with Gasteiger partial charge in [-0.1, -0.05) is 12.1 Å².